The zero-order valence-corrected chi connectivity index (χ0v) is 24.1. The number of aromatic nitrogens is 2. The van der Waals surface area contributed by atoms with Gasteiger partial charge in [-0.1, -0.05) is 67.9 Å². The maximum absolute atomic E-state index is 12.3. The highest BCUT2D eigenvalue weighted by Crippen LogP contribution is 2.26. The molecule has 0 saturated carbocycles. The smallest absolute Gasteiger partial charge is 0.338 e. The number of unbranched alkanes of at least 4 members (excludes halogenated alkanes) is 1. The highest BCUT2D eigenvalue weighted by atomic mass is 16.5. The molecule has 4 rings (SSSR count). The second-order valence-electron chi connectivity index (χ2n) is 9.84. The summed E-state index contributed by atoms with van der Waals surface area (Å²) >= 11 is 0. The molecule has 0 saturated heterocycles. The molecule has 3 aromatic carbocycles. The molecule has 0 fully saturated rings. The van der Waals surface area contributed by atoms with E-state index in [4.69, 9.17) is 24.2 Å². The first-order valence-corrected chi connectivity index (χ1v) is 13.8. The number of aryl methyl sites for hydroxylation is 2. The molecule has 0 spiro atoms. The van der Waals surface area contributed by atoms with Crippen molar-refractivity contribution >= 4 is 11.9 Å². The van der Waals surface area contributed by atoms with E-state index in [2.05, 4.69) is 19.1 Å². The minimum absolute atomic E-state index is 0.348. The first-order valence-electron chi connectivity index (χ1n) is 13.8. The minimum atomic E-state index is -0.362. The molecule has 4 aromatic rings. The fourth-order valence-corrected chi connectivity index (χ4v) is 4.74. The summed E-state index contributed by atoms with van der Waals surface area (Å²) in [7, 11) is 2.76. The Hall–Kier alpha value is -4.36. The molecule has 212 valence electrons. The van der Waals surface area contributed by atoms with E-state index < -0.39 is 0 Å². The Bertz CT molecular complexity index is 1480. The van der Waals surface area contributed by atoms with Crippen LogP contribution in [0.1, 0.15) is 74.4 Å². The van der Waals surface area contributed by atoms with Gasteiger partial charge in [-0.2, -0.15) is 0 Å². The van der Waals surface area contributed by atoms with Crippen LogP contribution in [0, 0.1) is 6.92 Å². The predicted octanol–water partition coefficient (Wildman–Crippen LogP) is 6.68. The molecule has 0 aliphatic heterocycles. The Morgan fingerprint density at radius 3 is 2.10 bits per heavy atom. The molecule has 0 atom stereocenters. The minimum Gasteiger partial charge on any atom is -0.465 e. The van der Waals surface area contributed by atoms with Crippen LogP contribution in [0.5, 0.6) is 0 Å². The molecule has 0 radical (unpaired) electrons. The van der Waals surface area contributed by atoms with Gasteiger partial charge >= 0.3 is 11.9 Å². The molecule has 1 heterocycles. The zero-order chi connectivity index (χ0) is 29.2. The summed E-state index contributed by atoms with van der Waals surface area (Å²) in [4.78, 5) is 33.6. The Kier molecular flexibility index (Phi) is 10.3. The van der Waals surface area contributed by atoms with Crippen molar-refractivity contribution in [1.82, 2.24) is 9.97 Å². The quantitative estimate of drug-likeness (QED) is 0.181. The highest BCUT2D eigenvalue weighted by Gasteiger charge is 2.16. The third-order valence-corrected chi connectivity index (χ3v) is 6.92. The molecule has 7 heteroatoms. The van der Waals surface area contributed by atoms with Gasteiger partial charge in [0, 0.05) is 17.7 Å². The first-order chi connectivity index (χ1) is 19.9. The molecule has 1 aromatic heterocycles. The number of rotatable bonds is 12. The first kappa shape index (κ1) is 29.6. The Labute approximate surface area is 241 Å². The Morgan fingerprint density at radius 2 is 1.41 bits per heavy atom. The summed E-state index contributed by atoms with van der Waals surface area (Å²) < 4.78 is 15.8. The van der Waals surface area contributed by atoms with E-state index in [1.165, 1.54) is 14.2 Å². The van der Waals surface area contributed by atoms with E-state index in [1.54, 1.807) is 18.2 Å². The summed E-state index contributed by atoms with van der Waals surface area (Å²) in [5.41, 5.74) is 7.93. The number of carbonyl (C=O) groups excluding carboxylic acids is 2. The average molecular weight is 553 g/mol. The van der Waals surface area contributed by atoms with Crippen molar-refractivity contribution in [3.8, 4) is 11.1 Å². The van der Waals surface area contributed by atoms with Crippen molar-refractivity contribution in [3.63, 3.8) is 0 Å². The van der Waals surface area contributed by atoms with Gasteiger partial charge in [0.15, 0.2) is 0 Å². The largest absolute Gasteiger partial charge is 0.465 e. The average Bonchev–Trinajstić information content (AvgIpc) is 3.01. The molecule has 0 N–H and O–H groups in total. The van der Waals surface area contributed by atoms with Crippen molar-refractivity contribution in [3.05, 3.63) is 118 Å². The van der Waals surface area contributed by atoms with Crippen molar-refractivity contribution in [2.75, 3.05) is 14.2 Å². The van der Waals surface area contributed by atoms with E-state index in [0.29, 0.717) is 30.8 Å². The van der Waals surface area contributed by atoms with Crippen LogP contribution in [-0.2, 0) is 40.3 Å². The van der Waals surface area contributed by atoms with E-state index >= 15 is 0 Å². The number of carbonyl (C=O) groups is 2. The lowest BCUT2D eigenvalue weighted by Crippen LogP contribution is -2.11. The molecular weight excluding hydrogens is 516 g/mol. The van der Waals surface area contributed by atoms with E-state index in [-0.39, 0.29) is 11.9 Å². The molecule has 0 aliphatic rings. The van der Waals surface area contributed by atoms with Crippen LogP contribution in [-0.4, -0.2) is 36.1 Å². The number of benzene rings is 3. The third-order valence-electron chi connectivity index (χ3n) is 6.92. The lowest BCUT2D eigenvalue weighted by Gasteiger charge is -2.16. The van der Waals surface area contributed by atoms with Crippen LogP contribution in [0.15, 0.2) is 72.8 Å². The number of hydrogen-bond donors (Lipinski definition) is 0. The van der Waals surface area contributed by atoms with Gasteiger partial charge in [0.05, 0.1) is 44.3 Å². The Balaban J connectivity index is 1.55. The van der Waals surface area contributed by atoms with Crippen molar-refractivity contribution < 1.29 is 23.8 Å². The van der Waals surface area contributed by atoms with Crippen LogP contribution in [0.3, 0.4) is 0 Å². The second kappa shape index (κ2) is 14.3. The Morgan fingerprint density at radius 1 is 0.756 bits per heavy atom. The van der Waals surface area contributed by atoms with Crippen molar-refractivity contribution in [2.24, 2.45) is 0 Å². The monoisotopic (exact) mass is 552 g/mol. The second-order valence-corrected chi connectivity index (χ2v) is 9.84. The number of methoxy groups -OCH3 is 2. The van der Waals surface area contributed by atoms with E-state index in [9.17, 15) is 9.59 Å². The van der Waals surface area contributed by atoms with Gasteiger partial charge in [-0.15, -0.1) is 0 Å². The SMILES string of the molecule is CCCCc1nc(C)nc(COCc2ccc(C(=O)OC)cc2)c1Cc1ccc(-c2ccccc2C(=O)OC)cc1. The molecule has 41 heavy (non-hydrogen) atoms. The zero-order valence-electron chi connectivity index (χ0n) is 24.1. The summed E-state index contributed by atoms with van der Waals surface area (Å²) in [6, 6.07) is 22.9. The summed E-state index contributed by atoms with van der Waals surface area (Å²) in [5.74, 6) is 0.0145. The summed E-state index contributed by atoms with van der Waals surface area (Å²) in [5, 5.41) is 0. The van der Waals surface area contributed by atoms with Crippen molar-refractivity contribution in [2.45, 2.75) is 52.7 Å². The lowest BCUT2D eigenvalue weighted by atomic mass is 9.95. The van der Waals surface area contributed by atoms with Gasteiger partial charge in [0.1, 0.15) is 5.82 Å². The molecule has 0 amide bonds. The van der Waals surface area contributed by atoms with E-state index in [0.717, 1.165) is 64.3 Å². The lowest BCUT2D eigenvalue weighted by molar-refractivity contribution is 0.0592. The highest BCUT2D eigenvalue weighted by molar-refractivity contribution is 5.97. The maximum atomic E-state index is 12.3. The van der Waals surface area contributed by atoms with Crippen LogP contribution in [0.25, 0.3) is 11.1 Å². The summed E-state index contributed by atoms with van der Waals surface area (Å²) in [6.45, 7) is 4.83. The maximum Gasteiger partial charge on any atom is 0.338 e. The third kappa shape index (κ3) is 7.64. The number of esters is 2. The molecule has 0 bridgehead atoms. The molecule has 0 aliphatic carbocycles. The number of ether oxygens (including phenoxy) is 3. The normalized spacial score (nSPS) is 10.8. The molecular formula is C34H36N2O5. The van der Waals surface area contributed by atoms with E-state index in [1.807, 2.05) is 49.4 Å². The van der Waals surface area contributed by atoms with Gasteiger partial charge in [-0.05, 0) is 60.2 Å². The predicted molar refractivity (Wildman–Crippen MR) is 158 cm³/mol. The standard InChI is InChI=1S/C34H36N2O5/c1-5-6-11-31-30(20-24-12-16-26(17-13-24)28-9-7-8-10-29(28)34(38)40-4)32(36-23(2)35-31)22-41-21-25-14-18-27(19-15-25)33(37)39-3/h7-10,12-19H,5-6,11,20-22H2,1-4H3. The van der Waals surface area contributed by atoms with Crippen molar-refractivity contribution in [1.29, 1.82) is 0 Å². The topological polar surface area (TPSA) is 87.6 Å². The molecule has 7 nitrogen and oxygen atoms in total. The molecule has 0 unspecified atom stereocenters. The van der Waals surface area contributed by atoms with Gasteiger partial charge in [-0.25, -0.2) is 19.6 Å². The van der Waals surface area contributed by atoms with Crippen LogP contribution >= 0.6 is 0 Å². The van der Waals surface area contributed by atoms with Crippen LogP contribution in [0.2, 0.25) is 0 Å². The van der Waals surface area contributed by atoms with Gasteiger partial charge in [0.25, 0.3) is 0 Å². The van der Waals surface area contributed by atoms with Crippen LogP contribution < -0.4 is 0 Å². The fraction of sp³-hybridized carbons (Fsp3) is 0.294. The van der Waals surface area contributed by atoms with Gasteiger partial charge in [-0.3, -0.25) is 0 Å². The van der Waals surface area contributed by atoms with Gasteiger partial charge < -0.3 is 14.2 Å². The number of hydrogen-bond acceptors (Lipinski definition) is 7. The van der Waals surface area contributed by atoms with Crippen LogP contribution in [0.4, 0.5) is 0 Å². The van der Waals surface area contributed by atoms with Gasteiger partial charge in [0.2, 0.25) is 0 Å². The number of nitrogens with zero attached hydrogens (tertiary/aromatic N) is 2. The fourth-order valence-electron chi connectivity index (χ4n) is 4.74. The summed E-state index contributed by atoms with van der Waals surface area (Å²) in [6.07, 6.45) is 3.66.